The Kier molecular flexibility index (Phi) is 3.96. The van der Waals surface area contributed by atoms with Crippen molar-refractivity contribution in [1.29, 1.82) is 0 Å². The average molecular weight is 310 g/mol. The summed E-state index contributed by atoms with van der Waals surface area (Å²) in [5.41, 5.74) is 0.497. The Morgan fingerprint density at radius 2 is 2.05 bits per heavy atom. The smallest absolute Gasteiger partial charge is 0.373 e. The third-order valence-electron chi connectivity index (χ3n) is 2.93. The third-order valence-corrected chi connectivity index (χ3v) is 3.16. The molecule has 0 spiro atoms. The number of carboxylic acids is 1. The van der Waals surface area contributed by atoms with Gasteiger partial charge in [-0.15, -0.1) is 0 Å². The predicted octanol–water partition coefficient (Wildman–Crippen LogP) is 4.00. The second-order valence-corrected chi connectivity index (χ2v) is 6.03. The monoisotopic (exact) mass is 309 g/mol. The molecule has 2 rings (SSSR count). The van der Waals surface area contributed by atoms with Gasteiger partial charge in [0.25, 0.3) is 0 Å². The molecular weight excluding hydrogens is 294 g/mol. The van der Waals surface area contributed by atoms with E-state index < -0.39 is 11.4 Å². The zero-order valence-corrected chi connectivity index (χ0v) is 13.0. The van der Waals surface area contributed by atoms with Crippen molar-refractivity contribution in [3.63, 3.8) is 0 Å². The van der Waals surface area contributed by atoms with Crippen LogP contribution >= 0.6 is 11.6 Å². The van der Waals surface area contributed by atoms with Crippen LogP contribution < -0.4 is 4.74 Å². The molecule has 0 aliphatic heterocycles. The molecule has 0 saturated heterocycles. The van der Waals surface area contributed by atoms with Gasteiger partial charge in [-0.1, -0.05) is 32.4 Å². The highest BCUT2D eigenvalue weighted by atomic mass is 35.5. The lowest BCUT2D eigenvalue weighted by Crippen LogP contribution is -2.16. The van der Waals surface area contributed by atoms with E-state index >= 15 is 0 Å². The van der Waals surface area contributed by atoms with Crippen molar-refractivity contribution in [2.24, 2.45) is 0 Å². The summed E-state index contributed by atoms with van der Waals surface area (Å²) in [6, 6.07) is 4.98. The number of carbonyl (C=O) groups is 1. The van der Waals surface area contributed by atoms with Gasteiger partial charge in [0, 0.05) is 10.4 Å². The topological polar surface area (TPSA) is 72.6 Å². The number of halogens is 1. The fourth-order valence-corrected chi connectivity index (χ4v) is 2.09. The molecule has 5 nitrogen and oxygen atoms in total. The van der Waals surface area contributed by atoms with E-state index in [0.29, 0.717) is 22.0 Å². The molecule has 1 heterocycles. The fraction of sp³-hybridized carbons (Fsp3) is 0.333. The van der Waals surface area contributed by atoms with E-state index in [0.717, 1.165) is 0 Å². The van der Waals surface area contributed by atoms with Crippen LogP contribution in [0.4, 0.5) is 0 Å². The van der Waals surface area contributed by atoms with Crippen molar-refractivity contribution in [2.75, 3.05) is 7.11 Å². The molecule has 0 aliphatic rings. The molecule has 1 aromatic heterocycles. The van der Waals surface area contributed by atoms with Gasteiger partial charge in [0.2, 0.25) is 11.7 Å². The summed E-state index contributed by atoms with van der Waals surface area (Å²) < 4.78 is 10.7. The SMILES string of the molecule is COc1cc(Cl)ccc1-c1nc(C(C)(C)C)c(C(=O)O)o1. The lowest BCUT2D eigenvalue weighted by molar-refractivity contribution is 0.0659. The molecule has 0 radical (unpaired) electrons. The van der Waals surface area contributed by atoms with Crippen LogP contribution in [0.25, 0.3) is 11.5 Å². The van der Waals surface area contributed by atoms with Gasteiger partial charge in [-0.05, 0) is 18.2 Å². The van der Waals surface area contributed by atoms with Crippen LogP contribution in [0.1, 0.15) is 37.0 Å². The second kappa shape index (κ2) is 5.41. The molecule has 0 atom stereocenters. The summed E-state index contributed by atoms with van der Waals surface area (Å²) >= 11 is 5.92. The first kappa shape index (κ1) is 15.4. The summed E-state index contributed by atoms with van der Waals surface area (Å²) in [4.78, 5) is 15.7. The molecule has 0 bridgehead atoms. The quantitative estimate of drug-likeness (QED) is 0.927. The van der Waals surface area contributed by atoms with Gasteiger partial charge in [-0.25, -0.2) is 9.78 Å². The average Bonchev–Trinajstić information content (AvgIpc) is 2.83. The number of methoxy groups -OCH3 is 1. The zero-order valence-electron chi connectivity index (χ0n) is 12.2. The first-order valence-electron chi connectivity index (χ1n) is 6.32. The molecule has 112 valence electrons. The molecule has 1 N–H and O–H groups in total. The minimum atomic E-state index is -1.15. The molecule has 21 heavy (non-hydrogen) atoms. The van der Waals surface area contributed by atoms with E-state index in [-0.39, 0.29) is 11.7 Å². The summed E-state index contributed by atoms with van der Waals surface area (Å²) in [5.74, 6) is -0.631. The normalized spacial score (nSPS) is 11.5. The maximum Gasteiger partial charge on any atom is 0.373 e. The lowest BCUT2D eigenvalue weighted by atomic mass is 9.91. The van der Waals surface area contributed by atoms with Crippen molar-refractivity contribution >= 4 is 17.6 Å². The number of carboxylic acid groups (broad SMARTS) is 1. The summed E-state index contributed by atoms with van der Waals surface area (Å²) in [5, 5.41) is 9.78. The number of hydrogen-bond acceptors (Lipinski definition) is 4. The molecule has 0 saturated carbocycles. The van der Waals surface area contributed by atoms with E-state index in [2.05, 4.69) is 4.98 Å². The molecule has 6 heteroatoms. The van der Waals surface area contributed by atoms with Crippen molar-refractivity contribution in [3.8, 4) is 17.2 Å². The largest absolute Gasteiger partial charge is 0.496 e. The van der Waals surface area contributed by atoms with E-state index in [1.807, 2.05) is 20.8 Å². The lowest BCUT2D eigenvalue weighted by Gasteiger charge is -2.14. The number of nitrogens with zero attached hydrogens (tertiary/aromatic N) is 1. The molecule has 0 amide bonds. The summed E-state index contributed by atoms with van der Waals surface area (Å²) in [6.07, 6.45) is 0. The fourth-order valence-electron chi connectivity index (χ4n) is 1.93. The first-order valence-corrected chi connectivity index (χ1v) is 6.70. The molecule has 2 aromatic rings. The van der Waals surface area contributed by atoms with Gasteiger partial charge in [-0.2, -0.15) is 0 Å². The van der Waals surface area contributed by atoms with Gasteiger partial charge in [-0.3, -0.25) is 0 Å². The van der Waals surface area contributed by atoms with Crippen molar-refractivity contribution in [3.05, 3.63) is 34.7 Å². The zero-order chi connectivity index (χ0) is 15.8. The Bertz CT molecular complexity index is 685. The Hall–Kier alpha value is -2.01. The number of hydrogen-bond donors (Lipinski definition) is 1. The maximum atomic E-state index is 11.3. The van der Waals surface area contributed by atoms with Crippen LogP contribution in [-0.4, -0.2) is 23.2 Å². The summed E-state index contributed by atoms with van der Waals surface area (Å²) in [7, 11) is 1.50. The number of benzene rings is 1. The maximum absolute atomic E-state index is 11.3. The van der Waals surface area contributed by atoms with Crippen LogP contribution in [0.5, 0.6) is 5.75 Å². The Labute approximate surface area is 127 Å². The molecule has 0 fully saturated rings. The van der Waals surface area contributed by atoms with Crippen LogP contribution in [0.3, 0.4) is 0 Å². The predicted molar refractivity (Wildman–Crippen MR) is 79.2 cm³/mol. The van der Waals surface area contributed by atoms with Gasteiger partial charge in [0.15, 0.2) is 0 Å². The number of ether oxygens (including phenoxy) is 1. The highest BCUT2D eigenvalue weighted by molar-refractivity contribution is 6.30. The van der Waals surface area contributed by atoms with E-state index in [1.165, 1.54) is 7.11 Å². The molecule has 0 unspecified atom stereocenters. The Balaban J connectivity index is 2.64. The third kappa shape index (κ3) is 3.03. The van der Waals surface area contributed by atoms with Crippen LogP contribution in [0, 0.1) is 0 Å². The van der Waals surface area contributed by atoms with Gasteiger partial charge in [0.1, 0.15) is 11.4 Å². The number of rotatable bonds is 3. The van der Waals surface area contributed by atoms with E-state index in [1.54, 1.807) is 18.2 Å². The molecular formula is C15H16ClNO4. The highest BCUT2D eigenvalue weighted by Gasteiger charge is 2.29. The minimum Gasteiger partial charge on any atom is -0.496 e. The van der Waals surface area contributed by atoms with Crippen molar-refractivity contribution < 1.29 is 19.1 Å². The van der Waals surface area contributed by atoms with Crippen LogP contribution in [-0.2, 0) is 5.41 Å². The second-order valence-electron chi connectivity index (χ2n) is 5.60. The van der Waals surface area contributed by atoms with Crippen molar-refractivity contribution in [2.45, 2.75) is 26.2 Å². The van der Waals surface area contributed by atoms with Crippen molar-refractivity contribution in [1.82, 2.24) is 4.98 Å². The number of aromatic carboxylic acids is 1. The van der Waals surface area contributed by atoms with Crippen LogP contribution in [0.15, 0.2) is 22.6 Å². The highest BCUT2D eigenvalue weighted by Crippen LogP contribution is 2.35. The molecule has 0 aliphatic carbocycles. The Morgan fingerprint density at radius 3 is 2.52 bits per heavy atom. The van der Waals surface area contributed by atoms with Gasteiger partial charge >= 0.3 is 5.97 Å². The van der Waals surface area contributed by atoms with Gasteiger partial charge in [0.05, 0.1) is 12.7 Å². The van der Waals surface area contributed by atoms with E-state index in [9.17, 15) is 9.90 Å². The van der Waals surface area contributed by atoms with Gasteiger partial charge < -0.3 is 14.3 Å². The summed E-state index contributed by atoms with van der Waals surface area (Å²) in [6.45, 7) is 5.63. The first-order chi connectivity index (χ1) is 9.74. The van der Waals surface area contributed by atoms with E-state index in [4.69, 9.17) is 20.8 Å². The Morgan fingerprint density at radius 1 is 1.38 bits per heavy atom. The molecule has 1 aromatic carbocycles. The minimum absolute atomic E-state index is 0.158. The van der Waals surface area contributed by atoms with Crippen LogP contribution in [0.2, 0.25) is 5.02 Å². The number of aromatic nitrogens is 1. The number of oxazole rings is 1. The standard InChI is InChI=1S/C15H16ClNO4/c1-15(2,3)12-11(14(18)19)21-13(17-12)9-6-5-8(16)7-10(9)20-4/h5-7H,1-4H3,(H,18,19).